The second kappa shape index (κ2) is 3.09. The van der Waals surface area contributed by atoms with Gasteiger partial charge in [0.15, 0.2) is 0 Å². The van der Waals surface area contributed by atoms with E-state index in [1.54, 1.807) is 0 Å². The third-order valence-corrected chi connectivity index (χ3v) is 2.62. The molecule has 2 rings (SSSR count). The summed E-state index contributed by atoms with van der Waals surface area (Å²) in [5.74, 6) is 0.631. The van der Waals surface area contributed by atoms with Crippen LogP contribution in [0.25, 0.3) is 0 Å². The molecule has 0 unspecified atom stereocenters. The summed E-state index contributed by atoms with van der Waals surface area (Å²) < 4.78 is 0. The molecular weight excluding hydrogens is 182 g/mol. The van der Waals surface area contributed by atoms with Crippen LogP contribution in [-0.4, -0.2) is 33.8 Å². The zero-order chi connectivity index (χ0) is 10.2. The van der Waals surface area contributed by atoms with Gasteiger partial charge in [-0.2, -0.15) is 0 Å². The zero-order valence-corrected chi connectivity index (χ0v) is 8.03. The number of rotatable bonds is 2. The fourth-order valence-electron chi connectivity index (χ4n) is 1.58. The molecule has 0 aromatic carbocycles. The van der Waals surface area contributed by atoms with Gasteiger partial charge in [0.25, 0.3) is 5.56 Å². The Bertz CT molecular complexity index is 382. The van der Waals surface area contributed by atoms with Gasteiger partial charge in [-0.15, -0.1) is 0 Å². The highest BCUT2D eigenvalue weighted by molar-refractivity contribution is 5.42. The summed E-state index contributed by atoms with van der Waals surface area (Å²) in [6, 6.07) is 1.44. The molecule has 1 aliphatic heterocycles. The van der Waals surface area contributed by atoms with Crippen LogP contribution in [0.3, 0.4) is 0 Å². The molecule has 5 heteroatoms. The molecule has 1 saturated heterocycles. The molecule has 76 valence electrons. The highest BCUT2D eigenvalue weighted by atomic mass is 16.3. The van der Waals surface area contributed by atoms with Crippen molar-refractivity contribution in [3.05, 3.63) is 22.7 Å². The summed E-state index contributed by atoms with van der Waals surface area (Å²) in [4.78, 5) is 19.3. The van der Waals surface area contributed by atoms with Gasteiger partial charge in [-0.3, -0.25) is 4.79 Å². The molecule has 0 saturated carbocycles. The van der Waals surface area contributed by atoms with Gasteiger partial charge in [0.1, 0.15) is 5.82 Å². The predicted octanol–water partition coefficient (Wildman–Crippen LogP) is -0.269. The smallest absolute Gasteiger partial charge is 0.252 e. The Morgan fingerprint density at radius 1 is 1.71 bits per heavy atom. The summed E-state index contributed by atoms with van der Waals surface area (Å²) in [6.45, 7) is 3.06. The van der Waals surface area contributed by atoms with Gasteiger partial charge in [0.05, 0.1) is 11.9 Å². The van der Waals surface area contributed by atoms with E-state index in [0.29, 0.717) is 18.9 Å². The summed E-state index contributed by atoms with van der Waals surface area (Å²) in [5.41, 5.74) is -0.758. The molecular formula is C9H13N3O2. The number of aliphatic hydroxyl groups is 1. The van der Waals surface area contributed by atoms with E-state index in [-0.39, 0.29) is 5.56 Å². The molecule has 2 N–H and O–H groups in total. The lowest BCUT2D eigenvalue weighted by Crippen LogP contribution is -2.62. The molecule has 0 bridgehead atoms. The first kappa shape index (κ1) is 9.21. The fraction of sp³-hybridized carbons (Fsp3) is 0.556. The monoisotopic (exact) mass is 195 g/mol. The Balaban J connectivity index is 2.10. The molecule has 1 aliphatic rings. The second-order valence-corrected chi connectivity index (χ2v) is 3.70. The van der Waals surface area contributed by atoms with Crippen LogP contribution in [0.5, 0.6) is 0 Å². The van der Waals surface area contributed by atoms with Crippen molar-refractivity contribution in [1.29, 1.82) is 0 Å². The van der Waals surface area contributed by atoms with E-state index in [1.807, 2.05) is 11.8 Å². The zero-order valence-electron chi connectivity index (χ0n) is 8.03. The van der Waals surface area contributed by atoms with Crippen molar-refractivity contribution in [2.45, 2.75) is 18.9 Å². The number of β-amino-alcohol motifs (C(OH)–C–C–N with tert-alkyl or cyclic N) is 1. The van der Waals surface area contributed by atoms with Crippen molar-refractivity contribution in [3.63, 3.8) is 0 Å². The maximum Gasteiger partial charge on any atom is 0.252 e. The Morgan fingerprint density at radius 2 is 2.43 bits per heavy atom. The molecule has 14 heavy (non-hydrogen) atoms. The Labute approximate surface area is 81.4 Å². The SMILES string of the molecule is CCC1(O)CN(c2cc(=O)[nH]cn2)C1. The number of hydrogen-bond donors (Lipinski definition) is 2. The van der Waals surface area contributed by atoms with E-state index < -0.39 is 5.60 Å². The summed E-state index contributed by atoms with van der Waals surface area (Å²) in [5, 5.41) is 9.76. The number of aromatic amines is 1. The van der Waals surface area contributed by atoms with E-state index in [2.05, 4.69) is 9.97 Å². The molecule has 0 amide bonds. The van der Waals surface area contributed by atoms with Crippen LogP contribution in [-0.2, 0) is 0 Å². The van der Waals surface area contributed by atoms with E-state index in [4.69, 9.17) is 0 Å². The first-order valence-corrected chi connectivity index (χ1v) is 4.65. The van der Waals surface area contributed by atoms with Crippen LogP contribution in [0, 0.1) is 0 Å². The van der Waals surface area contributed by atoms with E-state index in [0.717, 1.165) is 6.42 Å². The predicted molar refractivity (Wildman–Crippen MR) is 52.3 cm³/mol. The normalized spacial score (nSPS) is 19.1. The average Bonchev–Trinajstić information content (AvgIpc) is 2.13. The van der Waals surface area contributed by atoms with Gasteiger partial charge < -0.3 is 15.0 Å². The fourth-order valence-corrected chi connectivity index (χ4v) is 1.58. The maximum absolute atomic E-state index is 11.0. The first-order valence-electron chi connectivity index (χ1n) is 4.65. The highest BCUT2D eigenvalue weighted by Gasteiger charge is 2.40. The largest absolute Gasteiger partial charge is 0.386 e. The lowest BCUT2D eigenvalue weighted by atomic mass is 9.91. The summed E-state index contributed by atoms with van der Waals surface area (Å²) in [6.07, 6.45) is 2.10. The van der Waals surface area contributed by atoms with E-state index >= 15 is 0 Å². The van der Waals surface area contributed by atoms with Crippen molar-refractivity contribution in [1.82, 2.24) is 9.97 Å². The number of nitrogens with zero attached hydrogens (tertiary/aromatic N) is 2. The molecule has 0 radical (unpaired) electrons. The lowest BCUT2D eigenvalue weighted by molar-refractivity contribution is 0.00804. The molecule has 1 aromatic heterocycles. The van der Waals surface area contributed by atoms with Crippen molar-refractivity contribution in [2.24, 2.45) is 0 Å². The minimum Gasteiger partial charge on any atom is -0.386 e. The van der Waals surface area contributed by atoms with Gasteiger partial charge in [0.2, 0.25) is 0 Å². The molecule has 0 aliphatic carbocycles. The van der Waals surface area contributed by atoms with Gasteiger partial charge in [0, 0.05) is 19.2 Å². The van der Waals surface area contributed by atoms with Crippen LogP contribution in [0.4, 0.5) is 5.82 Å². The maximum atomic E-state index is 11.0. The van der Waals surface area contributed by atoms with E-state index in [9.17, 15) is 9.90 Å². The minimum atomic E-state index is -0.593. The van der Waals surface area contributed by atoms with Crippen molar-refractivity contribution >= 4 is 5.82 Å². The second-order valence-electron chi connectivity index (χ2n) is 3.70. The lowest BCUT2D eigenvalue weighted by Gasteiger charge is -2.46. The summed E-state index contributed by atoms with van der Waals surface area (Å²) >= 11 is 0. The third-order valence-electron chi connectivity index (χ3n) is 2.62. The molecule has 0 spiro atoms. The summed E-state index contributed by atoms with van der Waals surface area (Å²) in [7, 11) is 0. The Hall–Kier alpha value is -1.36. The van der Waals surface area contributed by atoms with Crippen LogP contribution >= 0.6 is 0 Å². The number of aromatic nitrogens is 2. The molecule has 1 aromatic rings. The van der Waals surface area contributed by atoms with Crippen molar-refractivity contribution in [2.75, 3.05) is 18.0 Å². The average molecular weight is 195 g/mol. The minimum absolute atomic E-state index is 0.165. The standard InChI is InChI=1S/C9H13N3O2/c1-2-9(14)4-12(5-9)7-3-8(13)11-6-10-7/h3,6,14H,2,4-5H2,1H3,(H,10,11,13). The van der Waals surface area contributed by atoms with Gasteiger partial charge >= 0.3 is 0 Å². The number of anilines is 1. The molecule has 0 atom stereocenters. The highest BCUT2D eigenvalue weighted by Crippen LogP contribution is 2.27. The Kier molecular flexibility index (Phi) is 2.03. The van der Waals surface area contributed by atoms with Crippen LogP contribution < -0.4 is 10.5 Å². The molecule has 5 nitrogen and oxygen atoms in total. The van der Waals surface area contributed by atoms with Crippen LogP contribution in [0.15, 0.2) is 17.2 Å². The Morgan fingerprint density at radius 3 is 3.00 bits per heavy atom. The van der Waals surface area contributed by atoms with Crippen LogP contribution in [0.2, 0.25) is 0 Å². The van der Waals surface area contributed by atoms with Crippen molar-refractivity contribution < 1.29 is 5.11 Å². The van der Waals surface area contributed by atoms with Gasteiger partial charge in [-0.1, -0.05) is 6.92 Å². The topological polar surface area (TPSA) is 69.2 Å². The first-order chi connectivity index (χ1) is 6.63. The molecule has 2 heterocycles. The van der Waals surface area contributed by atoms with E-state index in [1.165, 1.54) is 12.4 Å². The number of nitrogens with one attached hydrogen (secondary N) is 1. The number of H-pyrrole nitrogens is 1. The van der Waals surface area contributed by atoms with Crippen molar-refractivity contribution in [3.8, 4) is 0 Å². The van der Waals surface area contributed by atoms with Crippen LogP contribution in [0.1, 0.15) is 13.3 Å². The quantitative estimate of drug-likeness (QED) is 0.681. The van der Waals surface area contributed by atoms with Gasteiger partial charge in [-0.25, -0.2) is 4.98 Å². The van der Waals surface area contributed by atoms with Gasteiger partial charge in [-0.05, 0) is 6.42 Å². The molecule has 1 fully saturated rings. The third kappa shape index (κ3) is 1.50. The number of hydrogen-bond acceptors (Lipinski definition) is 4.